The molecule has 0 heterocycles. The highest BCUT2D eigenvalue weighted by Crippen LogP contribution is 2.21. The summed E-state index contributed by atoms with van der Waals surface area (Å²) in [6.45, 7) is 4.29. The first-order valence-corrected chi connectivity index (χ1v) is 9.31. The Kier molecular flexibility index (Phi) is 7.34. The van der Waals surface area contributed by atoms with E-state index in [1.807, 2.05) is 6.07 Å². The van der Waals surface area contributed by atoms with E-state index in [4.69, 9.17) is 4.99 Å². The molecule has 0 aromatic heterocycles. The van der Waals surface area contributed by atoms with Crippen LogP contribution in [0.5, 0.6) is 0 Å². The number of nitrogens with zero attached hydrogens (tertiary/aromatic N) is 1. The van der Waals surface area contributed by atoms with Gasteiger partial charge in [0.2, 0.25) is 0 Å². The zero-order chi connectivity index (χ0) is 15.6. The van der Waals surface area contributed by atoms with Gasteiger partial charge < -0.3 is 0 Å². The third-order valence-electron chi connectivity index (χ3n) is 2.89. The molecule has 0 unspecified atom stereocenters. The van der Waals surface area contributed by atoms with Gasteiger partial charge in [-0.1, -0.05) is 54.6 Å². The molecule has 3 heteroatoms. The van der Waals surface area contributed by atoms with Gasteiger partial charge in [-0.05, 0) is 54.8 Å². The molecule has 114 valence electrons. The van der Waals surface area contributed by atoms with Gasteiger partial charge in [-0.15, -0.1) is 11.8 Å². The van der Waals surface area contributed by atoms with Gasteiger partial charge in [-0.2, -0.15) is 0 Å². The van der Waals surface area contributed by atoms with Crippen LogP contribution in [0, 0.1) is 6.92 Å². The second kappa shape index (κ2) is 9.54. The van der Waals surface area contributed by atoms with Crippen molar-refractivity contribution in [1.82, 2.24) is 0 Å². The maximum atomic E-state index is 4.75. The first-order chi connectivity index (χ1) is 10.8. The van der Waals surface area contributed by atoms with E-state index < -0.39 is 0 Å². The molecule has 0 aliphatic carbocycles. The zero-order valence-corrected chi connectivity index (χ0v) is 14.7. The number of thioether (sulfide) groups is 2. The van der Waals surface area contributed by atoms with E-state index in [0.29, 0.717) is 0 Å². The number of benzene rings is 2. The summed E-state index contributed by atoms with van der Waals surface area (Å²) in [6.07, 6.45) is 3.26. The summed E-state index contributed by atoms with van der Waals surface area (Å²) in [5.74, 6) is 1.09. The third kappa shape index (κ3) is 6.12. The fourth-order valence-corrected chi connectivity index (χ4v) is 3.24. The smallest absolute Gasteiger partial charge is 0.0972 e. The Bertz CT molecular complexity index is 616. The largest absolute Gasteiger partial charge is 0.242 e. The number of hydrogen-bond acceptors (Lipinski definition) is 3. The average Bonchev–Trinajstić information content (AvgIpc) is 2.55. The predicted molar refractivity (Wildman–Crippen MR) is 102 cm³/mol. The fourth-order valence-electron chi connectivity index (χ4n) is 1.74. The number of aliphatic imine (C=N–C) groups is 1. The van der Waals surface area contributed by atoms with Gasteiger partial charge in [0.05, 0.1) is 10.7 Å². The van der Waals surface area contributed by atoms with E-state index in [9.17, 15) is 0 Å². The van der Waals surface area contributed by atoms with Crippen LogP contribution >= 0.6 is 23.5 Å². The van der Waals surface area contributed by atoms with E-state index in [0.717, 1.165) is 22.9 Å². The molecule has 2 aromatic carbocycles. The van der Waals surface area contributed by atoms with E-state index in [2.05, 4.69) is 73.9 Å². The highest BCUT2D eigenvalue weighted by molar-refractivity contribution is 8.14. The lowest BCUT2D eigenvalue weighted by atomic mass is 10.2. The molecule has 2 rings (SSSR count). The van der Waals surface area contributed by atoms with Gasteiger partial charge in [-0.25, -0.2) is 4.99 Å². The van der Waals surface area contributed by atoms with Crippen LogP contribution in [0.25, 0.3) is 0 Å². The maximum absolute atomic E-state index is 4.75. The second-order valence-corrected chi connectivity index (χ2v) is 6.96. The molecule has 0 fully saturated rings. The molecule has 0 spiro atoms. The number of rotatable bonds is 6. The summed E-state index contributed by atoms with van der Waals surface area (Å²) < 4.78 is 0. The van der Waals surface area contributed by atoms with Crippen molar-refractivity contribution >= 4 is 34.3 Å². The standard InChI is InChI=1S/C19H21NS2/c1-3-14-22-19(20-17-11-9-16(2)10-12-17)13-15-21-18-7-5-4-6-8-18/h4-13,15H,3,14H2,1-2H3. The van der Waals surface area contributed by atoms with Crippen LogP contribution in [0.15, 0.2) is 76.0 Å². The Labute approximate surface area is 141 Å². The Morgan fingerprint density at radius 2 is 1.77 bits per heavy atom. The van der Waals surface area contributed by atoms with E-state index in [1.165, 1.54) is 10.5 Å². The molecule has 0 bridgehead atoms. The second-order valence-electron chi connectivity index (χ2n) is 4.87. The summed E-state index contributed by atoms with van der Waals surface area (Å²) in [5.41, 5.74) is 2.27. The summed E-state index contributed by atoms with van der Waals surface area (Å²) in [7, 11) is 0. The van der Waals surface area contributed by atoms with Crippen LogP contribution in [0.4, 0.5) is 5.69 Å². The highest BCUT2D eigenvalue weighted by atomic mass is 32.2. The molecule has 0 amide bonds. The van der Waals surface area contributed by atoms with Crippen LogP contribution in [0.3, 0.4) is 0 Å². The molecule has 0 radical (unpaired) electrons. The molecule has 2 aromatic rings. The predicted octanol–water partition coefficient (Wildman–Crippen LogP) is 6.47. The number of hydrogen-bond donors (Lipinski definition) is 0. The van der Waals surface area contributed by atoms with Crippen molar-refractivity contribution < 1.29 is 0 Å². The van der Waals surface area contributed by atoms with E-state index in [1.54, 1.807) is 23.5 Å². The molecule has 0 atom stereocenters. The third-order valence-corrected chi connectivity index (χ3v) is 4.84. The van der Waals surface area contributed by atoms with Crippen LogP contribution in [0.1, 0.15) is 18.9 Å². The van der Waals surface area contributed by atoms with Crippen molar-refractivity contribution in [2.75, 3.05) is 5.75 Å². The van der Waals surface area contributed by atoms with Crippen molar-refractivity contribution in [2.24, 2.45) is 4.99 Å². The topological polar surface area (TPSA) is 12.4 Å². The molecule has 0 N–H and O–H groups in total. The van der Waals surface area contributed by atoms with Crippen molar-refractivity contribution in [3.63, 3.8) is 0 Å². The van der Waals surface area contributed by atoms with E-state index in [-0.39, 0.29) is 0 Å². The normalized spacial score (nSPS) is 12.0. The van der Waals surface area contributed by atoms with E-state index >= 15 is 0 Å². The molecule has 0 saturated carbocycles. The van der Waals surface area contributed by atoms with Crippen LogP contribution in [0.2, 0.25) is 0 Å². The summed E-state index contributed by atoms with van der Waals surface area (Å²) in [4.78, 5) is 5.99. The van der Waals surface area contributed by atoms with Gasteiger partial charge in [0.1, 0.15) is 0 Å². The summed E-state index contributed by atoms with van der Waals surface area (Å²) in [5, 5.41) is 3.18. The zero-order valence-electron chi connectivity index (χ0n) is 13.0. The lowest BCUT2D eigenvalue weighted by Crippen LogP contribution is -1.88. The summed E-state index contributed by atoms with van der Waals surface area (Å²) >= 11 is 3.53. The Morgan fingerprint density at radius 1 is 1.05 bits per heavy atom. The van der Waals surface area contributed by atoms with Crippen molar-refractivity contribution in [3.05, 3.63) is 71.6 Å². The van der Waals surface area contributed by atoms with Crippen molar-refractivity contribution in [3.8, 4) is 0 Å². The molecule has 1 nitrogen and oxygen atoms in total. The van der Waals surface area contributed by atoms with Crippen molar-refractivity contribution in [1.29, 1.82) is 0 Å². The number of aryl methyl sites for hydroxylation is 1. The molecular weight excluding hydrogens is 306 g/mol. The first-order valence-electron chi connectivity index (χ1n) is 7.44. The van der Waals surface area contributed by atoms with Gasteiger partial charge in [0, 0.05) is 4.90 Å². The monoisotopic (exact) mass is 327 g/mol. The lowest BCUT2D eigenvalue weighted by Gasteiger charge is -2.02. The Hall–Kier alpha value is -1.45. The average molecular weight is 328 g/mol. The van der Waals surface area contributed by atoms with Crippen LogP contribution in [-0.2, 0) is 0 Å². The van der Waals surface area contributed by atoms with Gasteiger partial charge in [0.25, 0.3) is 0 Å². The Balaban J connectivity index is 2.06. The minimum atomic E-state index is 1.01. The molecule has 0 aliphatic rings. The highest BCUT2D eigenvalue weighted by Gasteiger charge is 1.97. The lowest BCUT2D eigenvalue weighted by molar-refractivity contribution is 1.11. The van der Waals surface area contributed by atoms with Crippen LogP contribution in [-0.4, -0.2) is 10.8 Å². The van der Waals surface area contributed by atoms with Crippen LogP contribution < -0.4 is 0 Å². The van der Waals surface area contributed by atoms with Gasteiger partial charge >= 0.3 is 0 Å². The SMILES string of the molecule is CCCSC(C=CSc1ccccc1)=Nc1ccc(C)cc1. The van der Waals surface area contributed by atoms with Crippen molar-refractivity contribution in [2.45, 2.75) is 25.2 Å². The molecular formula is C19H21NS2. The summed E-state index contributed by atoms with van der Waals surface area (Å²) in [6, 6.07) is 18.7. The maximum Gasteiger partial charge on any atom is 0.0972 e. The fraction of sp³-hybridized carbons (Fsp3) is 0.211. The van der Waals surface area contributed by atoms with Gasteiger partial charge in [-0.3, -0.25) is 0 Å². The van der Waals surface area contributed by atoms with Gasteiger partial charge in [0.15, 0.2) is 0 Å². The minimum absolute atomic E-state index is 1.01. The Morgan fingerprint density at radius 3 is 2.45 bits per heavy atom. The molecule has 0 saturated heterocycles. The minimum Gasteiger partial charge on any atom is -0.242 e. The molecule has 0 aliphatic heterocycles. The first kappa shape index (κ1) is 16.9. The molecule has 22 heavy (non-hydrogen) atoms. The quantitative estimate of drug-likeness (QED) is 0.342.